The van der Waals surface area contributed by atoms with Crippen molar-refractivity contribution < 1.29 is 4.79 Å². The first-order valence-corrected chi connectivity index (χ1v) is 8.30. The first-order valence-electron chi connectivity index (χ1n) is 8.30. The fraction of sp³-hybridized carbons (Fsp3) is 0.318. The molecule has 0 bridgehead atoms. The van der Waals surface area contributed by atoms with Crippen LogP contribution >= 0.6 is 0 Å². The summed E-state index contributed by atoms with van der Waals surface area (Å²) in [5, 5.41) is 0. The predicted molar refractivity (Wildman–Crippen MR) is 99.0 cm³/mol. The van der Waals surface area contributed by atoms with Crippen LogP contribution in [0, 0.1) is 17.3 Å². The van der Waals surface area contributed by atoms with Crippen LogP contribution in [0.4, 0.5) is 5.69 Å². The largest absolute Gasteiger partial charge is 0.360 e. The van der Waals surface area contributed by atoms with E-state index in [-0.39, 0.29) is 5.54 Å². The van der Waals surface area contributed by atoms with Crippen molar-refractivity contribution in [3.05, 3.63) is 65.2 Å². The molecule has 0 atom stereocenters. The van der Waals surface area contributed by atoms with Crippen LogP contribution in [0.3, 0.4) is 0 Å². The third kappa shape index (κ3) is 2.61. The number of carbonyl (C=O) groups is 1. The van der Waals surface area contributed by atoms with Gasteiger partial charge in [0.25, 0.3) is 0 Å². The van der Waals surface area contributed by atoms with Crippen LogP contribution in [0.15, 0.2) is 48.5 Å². The van der Waals surface area contributed by atoms with Crippen molar-refractivity contribution in [2.75, 3.05) is 4.90 Å². The van der Waals surface area contributed by atoms with Gasteiger partial charge >= 0.3 is 0 Å². The summed E-state index contributed by atoms with van der Waals surface area (Å²) in [5.74, 6) is 6.61. The SMILES string of the molecule is CC(C)(C=O)C(C)(C)N1Cc2ccccc2C#Cc2ccccc21. The van der Waals surface area contributed by atoms with E-state index in [0.717, 1.165) is 29.6 Å². The fourth-order valence-electron chi connectivity index (χ4n) is 2.98. The molecule has 3 rings (SSSR count). The minimum Gasteiger partial charge on any atom is -0.360 e. The van der Waals surface area contributed by atoms with Crippen LogP contribution in [0.1, 0.15) is 44.4 Å². The Kier molecular flexibility index (Phi) is 3.97. The van der Waals surface area contributed by atoms with Crippen molar-refractivity contribution in [1.29, 1.82) is 0 Å². The van der Waals surface area contributed by atoms with Crippen molar-refractivity contribution >= 4 is 12.0 Å². The van der Waals surface area contributed by atoms with Gasteiger partial charge in [-0.05, 0) is 37.6 Å². The lowest BCUT2D eigenvalue weighted by atomic mass is 9.73. The van der Waals surface area contributed by atoms with Crippen molar-refractivity contribution in [1.82, 2.24) is 0 Å². The molecular weight excluding hydrogens is 294 g/mol. The summed E-state index contributed by atoms with van der Waals surface area (Å²) >= 11 is 0. The van der Waals surface area contributed by atoms with Gasteiger partial charge in [-0.25, -0.2) is 0 Å². The number of nitrogens with zero attached hydrogens (tertiary/aromatic N) is 1. The second-order valence-electron chi connectivity index (χ2n) is 7.41. The van der Waals surface area contributed by atoms with E-state index in [1.807, 2.05) is 44.2 Å². The zero-order valence-electron chi connectivity index (χ0n) is 14.8. The molecule has 1 heterocycles. The molecular formula is C22H23NO. The van der Waals surface area contributed by atoms with Crippen LogP contribution in [-0.4, -0.2) is 11.8 Å². The highest BCUT2D eigenvalue weighted by Crippen LogP contribution is 2.40. The maximum Gasteiger partial charge on any atom is 0.127 e. The van der Waals surface area contributed by atoms with E-state index in [4.69, 9.17) is 0 Å². The lowest BCUT2D eigenvalue weighted by molar-refractivity contribution is -0.117. The van der Waals surface area contributed by atoms with Crippen molar-refractivity contribution in [3.8, 4) is 11.8 Å². The van der Waals surface area contributed by atoms with Gasteiger partial charge in [0, 0.05) is 28.6 Å². The molecule has 0 radical (unpaired) electrons. The molecule has 0 unspecified atom stereocenters. The second-order valence-corrected chi connectivity index (χ2v) is 7.41. The molecule has 122 valence electrons. The molecule has 1 aliphatic rings. The Hall–Kier alpha value is -2.53. The Balaban J connectivity index is 2.24. The van der Waals surface area contributed by atoms with E-state index in [9.17, 15) is 4.79 Å². The lowest BCUT2D eigenvalue weighted by Gasteiger charge is -2.48. The van der Waals surface area contributed by atoms with Gasteiger partial charge in [-0.2, -0.15) is 0 Å². The summed E-state index contributed by atoms with van der Waals surface area (Å²) < 4.78 is 0. The van der Waals surface area contributed by atoms with E-state index in [0.29, 0.717) is 0 Å². The fourth-order valence-corrected chi connectivity index (χ4v) is 2.98. The molecule has 2 heteroatoms. The normalized spacial score (nSPS) is 13.8. The summed E-state index contributed by atoms with van der Waals surface area (Å²) in [7, 11) is 0. The highest BCUT2D eigenvalue weighted by Gasteiger charge is 2.42. The minimum atomic E-state index is -0.498. The third-order valence-electron chi connectivity index (χ3n) is 5.42. The summed E-state index contributed by atoms with van der Waals surface area (Å²) in [6.07, 6.45) is 1.06. The average molecular weight is 317 g/mol. The van der Waals surface area contributed by atoms with E-state index in [1.165, 1.54) is 5.56 Å². The van der Waals surface area contributed by atoms with Gasteiger partial charge in [0.2, 0.25) is 0 Å². The number of hydrogen-bond acceptors (Lipinski definition) is 2. The van der Waals surface area contributed by atoms with Gasteiger partial charge in [-0.1, -0.05) is 56.0 Å². The molecule has 2 aromatic rings. The van der Waals surface area contributed by atoms with E-state index >= 15 is 0 Å². The van der Waals surface area contributed by atoms with Crippen LogP contribution < -0.4 is 4.90 Å². The maximum absolute atomic E-state index is 11.8. The number of benzene rings is 2. The Morgan fingerprint density at radius 3 is 2.21 bits per heavy atom. The molecule has 0 amide bonds. The highest BCUT2D eigenvalue weighted by molar-refractivity contribution is 5.69. The Bertz CT molecular complexity index is 836. The van der Waals surface area contributed by atoms with Crippen LogP contribution in [0.2, 0.25) is 0 Å². The molecule has 2 nitrogen and oxygen atoms in total. The summed E-state index contributed by atoms with van der Waals surface area (Å²) in [4.78, 5) is 14.1. The Morgan fingerprint density at radius 1 is 0.917 bits per heavy atom. The average Bonchev–Trinajstić information content (AvgIpc) is 2.56. The molecule has 2 aromatic carbocycles. The Morgan fingerprint density at radius 2 is 1.50 bits per heavy atom. The van der Waals surface area contributed by atoms with Gasteiger partial charge in [0.1, 0.15) is 6.29 Å². The van der Waals surface area contributed by atoms with E-state index < -0.39 is 5.41 Å². The van der Waals surface area contributed by atoms with Crippen LogP contribution in [0.25, 0.3) is 0 Å². The number of anilines is 1. The number of para-hydroxylation sites is 1. The van der Waals surface area contributed by atoms with Gasteiger partial charge in [-0.15, -0.1) is 0 Å². The third-order valence-corrected chi connectivity index (χ3v) is 5.42. The predicted octanol–water partition coefficient (Wildman–Crippen LogP) is 4.41. The topological polar surface area (TPSA) is 20.3 Å². The van der Waals surface area contributed by atoms with Gasteiger partial charge in [-0.3, -0.25) is 0 Å². The van der Waals surface area contributed by atoms with Crippen LogP contribution in [-0.2, 0) is 11.3 Å². The zero-order valence-corrected chi connectivity index (χ0v) is 14.8. The minimum absolute atomic E-state index is 0.364. The molecule has 0 aliphatic carbocycles. The Labute approximate surface area is 144 Å². The molecule has 0 spiro atoms. The summed E-state index contributed by atoms with van der Waals surface area (Å²) in [5.41, 5.74) is 3.46. The molecule has 24 heavy (non-hydrogen) atoms. The maximum atomic E-state index is 11.8. The number of carbonyl (C=O) groups excluding carboxylic acids is 1. The van der Waals surface area contributed by atoms with Gasteiger partial charge < -0.3 is 9.69 Å². The number of aldehydes is 1. The molecule has 0 N–H and O–H groups in total. The quantitative estimate of drug-likeness (QED) is 0.617. The first-order chi connectivity index (χ1) is 11.4. The standard InChI is InChI=1S/C22H23NO/c1-21(2,16-24)22(3,4)23-15-19-11-6-5-9-17(19)13-14-18-10-7-8-12-20(18)23/h5-12,16H,15H2,1-4H3. The zero-order chi connectivity index (χ0) is 17.4. The van der Waals surface area contributed by atoms with Crippen LogP contribution in [0.5, 0.6) is 0 Å². The monoisotopic (exact) mass is 317 g/mol. The van der Waals surface area contributed by atoms with Crippen molar-refractivity contribution in [2.24, 2.45) is 5.41 Å². The molecule has 1 aliphatic heterocycles. The molecule has 0 saturated carbocycles. The van der Waals surface area contributed by atoms with E-state index in [1.54, 1.807) is 0 Å². The number of fused-ring (bicyclic) bond motifs is 2. The van der Waals surface area contributed by atoms with Gasteiger partial charge in [0.15, 0.2) is 0 Å². The second kappa shape index (κ2) is 5.83. The number of hydrogen-bond donors (Lipinski definition) is 0. The first kappa shape index (κ1) is 16.3. The highest BCUT2D eigenvalue weighted by atomic mass is 16.1. The molecule has 0 saturated heterocycles. The van der Waals surface area contributed by atoms with Gasteiger partial charge in [0.05, 0.1) is 5.69 Å². The summed E-state index contributed by atoms with van der Waals surface area (Å²) in [6.45, 7) is 9.00. The smallest absolute Gasteiger partial charge is 0.127 e. The van der Waals surface area contributed by atoms with E-state index in [2.05, 4.69) is 48.8 Å². The molecule has 0 fully saturated rings. The van der Waals surface area contributed by atoms with Crippen molar-refractivity contribution in [3.63, 3.8) is 0 Å². The van der Waals surface area contributed by atoms with Crippen molar-refractivity contribution in [2.45, 2.75) is 39.8 Å². The summed E-state index contributed by atoms with van der Waals surface area (Å²) in [6, 6.07) is 16.4. The lowest BCUT2D eigenvalue weighted by Crippen LogP contribution is -2.55. The number of rotatable bonds is 3. The molecule has 0 aromatic heterocycles.